The highest BCUT2D eigenvalue weighted by Gasteiger charge is 2.22. The zero-order valence-corrected chi connectivity index (χ0v) is 22.0. The van der Waals surface area contributed by atoms with Crippen LogP contribution in [-0.4, -0.2) is 106 Å². The van der Waals surface area contributed by atoms with Gasteiger partial charge in [-0.25, -0.2) is 0 Å². The predicted molar refractivity (Wildman–Crippen MR) is 139 cm³/mol. The van der Waals surface area contributed by atoms with Crippen molar-refractivity contribution < 1.29 is 28.7 Å². The number of nitrogens with zero attached hydrogens (tertiary/aromatic N) is 3. The van der Waals surface area contributed by atoms with Crippen LogP contribution in [0.4, 0.5) is 0 Å². The summed E-state index contributed by atoms with van der Waals surface area (Å²) in [6.07, 6.45) is 4.40. The Morgan fingerprint density at radius 2 is 1.97 bits per heavy atom. The molecule has 37 heavy (non-hydrogen) atoms. The molecule has 1 amide bonds. The van der Waals surface area contributed by atoms with Crippen LogP contribution in [0.25, 0.3) is 0 Å². The highest BCUT2D eigenvalue weighted by Crippen LogP contribution is 2.25. The molecule has 1 aromatic heterocycles. The first kappa shape index (κ1) is 27.5. The molecule has 0 spiro atoms. The molecular weight excluding hydrogens is 496 g/mol. The predicted octanol–water partition coefficient (Wildman–Crippen LogP) is 0.991. The first-order valence-electron chi connectivity index (χ1n) is 12.6. The van der Waals surface area contributed by atoms with Crippen molar-refractivity contribution in [2.45, 2.75) is 36.4 Å². The van der Waals surface area contributed by atoms with Gasteiger partial charge in [-0.05, 0) is 43.2 Å². The molecule has 2 aliphatic heterocycles. The fraction of sp³-hybridized carbons (Fsp3) is 0.538. The van der Waals surface area contributed by atoms with E-state index in [0.29, 0.717) is 55.1 Å². The van der Waals surface area contributed by atoms with Gasteiger partial charge in [-0.1, -0.05) is 0 Å². The monoisotopic (exact) mass is 532 g/mol. The maximum absolute atomic E-state index is 12.6. The molecule has 2 aromatic rings. The number of piperidine rings is 1. The molecule has 0 bridgehead atoms. The minimum Gasteiger partial charge on any atom is -0.507 e. The van der Waals surface area contributed by atoms with E-state index in [1.165, 1.54) is 18.4 Å². The third kappa shape index (κ3) is 7.96. The summed E-state index contributed by atoms with van der Waals surface area (Å²) in [6.45, 7) is 5.50. The van der Waals surface area contributed by atoms with E-state index in [1.54, 1.807) is 17.2 Å². The SMILES string of the molecule is CS(=O)c1cc(OCC(O)CNC2CCN(Cc3ccc(C(=O)N4CCOCC4)cn3)CC2)ccc1O. The Hall–Kier alpha value is -2.57. The van der Waals surface area contributed by atoms with Crippen LogP contribution in [0.15, 0.2) is 41.4 Å². The third-order valence-electron chi connectivity index (χ3n) is 6.67. The van der Waals surface area contributed by atoms with Crippen molar-refractivity contribution in [1.29, 1.82) is 0 Å². The van der Waals surface area contributed by atoms with E-state index in [0.717, 1.165) is 38.2 Å². The lowest BCUT2D eigenvalue weighted by atomic mass is 10.0. The van der Waals surface area contributed by atoms with Crippen LogP contribution in [0.1, 0.15) is 28.9 Å². The fourth-order valence-electron chi connectivity index (χ4n) is 4.49. The number of benzene rings is 1. The van der Waals surface area contributed by atoms with Gasteiger partial charge in [-0.2, -0.15) is 0 Å². The summed E-state index contributed by atoms with van der Waals surface area (Å²) in [5.41, 5.74) is 1.56. The lowest BCUT2D eigenvalue weighted by molar-refractivity contribution is 0.0302. The van der Waals surface area contributed by atoms with Gasteiger partial charge in [0.15, 0.2) is 0 Å². The van der Waals surface area contributed by atoms with Gasteiger partial charge >= 0.3 is 0 Å². The number of nitrogens with one attached hydrogen (secondary N) is 1. The van der Waals surface area contributed by atoms with Gasteiger partial charge in [0, 0.05) is 57.8 Å². The van der Waals surface area contributed by atoms with Gasteiger partial charge in [0.1, 0.15) is 24.2 Å². The quantitative estimate of drug-likeness (QED) is 0.411. The highest BCUT2D eigenvalue weighted by atomic mass is 32.2. The van der Waals surface area contributed by atoms with E-state index in [1.807, 2.05) is 12.1 Å². The minimum absolute atomic E-state index is 0.00651. The zero-order chi connectivity index (χ0) is 26.2. The molecule has 2 fully saturated rings. The smallest absolute Gasteiger partial charge is 0.255 e. The van der Waals surface area contributed by atoms with Crippen LogP contribution >= 0.6 is 0 Å². The van der Waals surface area contributed by atoms with Crippen molar-refractivity contribution in [3.63, 3.8) is 0 Å². The molecule has 3 N–H and O–H groups in total. The number of aromatic nitrogens is 1. The number of aliphatic hydroxyl groups excluding tert-OH is 1. The van der Waals surface area contributed by atoms with Gasteiger partial charge in [0.2, 0.25) is 0 Å². The maximum Gasteiger partial charge on any atom is 0.255 e. The number of carbonyl (C=O) groups excluding carboxylic acids is 1. The van der Waals surface area contributed by atoms with Gasteiger partial charge in [-0.15, -0.1) is 0 Å². The number of rotatable bonds is 10. The standard InChI is InChI=1S/C26H36N4O6S/c1-37(34)25-14-23(4-5-24(25)32)36-18-22(31)16-28-20-6-8-29(9-7-20)17-21-3-2-19(15-27-21)26(33)30-10-12-35-13-11-30/h2-5,14-15,20,22,28,31-32H,6-13,16-18H2,1H3. The number of hydrogen-bond donors (Lipinski definition) is 3. The number of phenolic OH excluding ortho intramolecular Hbond substituents is 1. The van der Waals surface area contributed by atoms with E-state index in [9.17, 15) is 19.2 Å². The van der Waals surface area contributed by atoms with Crippen molar-refractivity contribution in [2.24, 2.45) is 0 Å². The maximum atomic E-state index is 12.6. The third-order valence-corrected chi connectivity index (χ3v) is 7.62. The molecule has 202 valence electrons. The molecule has 10 nitrogen and oxygen atoms in total. The summed E-state index contributed by atoms with van der Waals surface area (Å²) in [5, 5.41) is 23.5. The molecular formula is C26H36N4O6S. The number of hydrogen-bond acceptors (Lipinski definition) is 9. The molecule has 2 saturated heterocycles. The Labute approximate surface area is 220 Å². The summed E-state index contributed by atoms with van der Waals surface area (Å²) >= 11 is 0. The summed E-state index contributed by atoms with van der Waals surface area (Å²) in [7, 11) is -1.32. The first-order valence-corrected chi connectivity index (χ1v) is 14.2. The van der Waals surface area contributed by atoms with Gasteiger partial charge in [-0.3, -0.25) is 18.9 Å². The Morgan fingerprint density at radius 1 is 1.22 bits per heavy atom. The number of ether oxygens (including phenoxy) is 2. The number of carbonyl (C=O) groups is 1. The number of phenols is 1. The fourth-order valence-corrected chi connectivity index (χ4v) is 5.13. The second-order valence-electron chi connectivity index (χ2n) is 9.45. The molecule has 4 rings (SSSR count). The van der Waals surface area contributed by atoms with E-state index >= 15 is 0 Å². The van der Waals surface area contributed by atoms with E-state index in [2.05, 4.69) is 15.2 Å². The van der Waals surface area contributed by atoms with Gasteiger partial charge in [0.25, 0.3) is 5.91 Å². The molecule has 3 heterocycles. The summed E-state index contributed by atoms with van der Waals surface area (Å²) in [6, 6.07) is 8.68. The van der Waals surface area contributed by atoms with Gasteiger partial charge < -0.3 is 29.9 Å². The molecule has 2 unspecified atom stereocenters. The number of aromatic hydroxyl groups is 1. The average Bonchev–Trinajstić information content (AvgIpc) is 2.92. The number of pyridine rings is 1. The summed E-state index contributed by atoms with van der Waals surface area (Å²) < 4.78 is 22.6. The largest absolute Gasteiger partial charge is 0.507 e. The topological polar surface area (TPSA) is 124 Å². The average molecular weight is 533 g/mol. The van der Waals surface area contributed by atoms with Crippen LogP contribution in [-0.2, 0) is 22.1 Å². The Kier molecular flexibility index (Phi) is 9.87. The van der Waals surface area contributed by atoms with Crippen molar-refractivity contribution >= 4 is 16.7 Å². The minimum atomic E-state index is -1.32. The van der Waals surface area contributed by atoms with Gasteiger partial charge in [0.05, 0.1) is 40.2 Å². The Morgan fingerprint density at radius 3 is 2.65 bits per heavy atom. The van der Waals surface area contributed by atoms with Crippen molar-refractivity contribution in [1.82, 2.24) is 20.1 Å². The second kappa shape index (κ2) is 13.3. The van der Waals surface area contributed by atoms with Crippen molar-refractivity contribution in [3.05, 3.63) is 47.8 Å². The number of aliphatic hydroxyl groups is 1. The zero-order valence-electron chi connectivity index (χ0n) is 21.2. The van der Waals surface area contributed by atoms with Crippen LogP contribution in [0.5, 0.6) is 11.5 Å². The lowest BCUT2D eigenvalue weighted by Gasteiger charge is -2.32. The molecule has 0 aliphatic carbocycles. The summed E-state index contributed by atoms with van der Waals surface area (Å²) in [5.74, 6) is 0.433. The Bertz CT molecular complexity index is 1060. The first-order chi connectivity index (χ1) is 17.9. The van der Waals surface area contributed by atoms with E-state index < -0.39 is 16.9 Å². The highest BCUT2D eigenvalue weighted by molar-refractivity contribution is 7.84. The lowest BCUT2D eigenvalue weighted by Crippen LogP contribution is -2.45. The summed E-state index contributed by atoms with van der Waals surface area (Å²) in [4.78, 5) is 21.6. The van der Waals surface area contributed by atoms with Crippen LogP contribution in [0.2, 0.25) is 0 Å². The second-order valence-corrected chi connectivity index (χ2v) is 10.8. The van der Waals surface area contributed by atoms with Crippen molar-refractivity contribution in [3.8, 4) is 11.5 Å². The molecule has 0 radical (unpaired) electrons. The number of likely N-dealkylation sites (tertiary alicyclic amines) is 1. The Balaban J connectivity index is 1.14. The van der Waals surface area contributed by atoms with Crippen molar-refractivity contribution in [2.75, 3.05) is 58.8 Å². The molecule has 2 aliphatic rings. The molecule has 0 saturated carbocycles. The van der Waals surface area contributed by atoms with Crippen LogP contribution < -0.4 is 10.1 Å². The van der Waals surface area contributed by atoms with E-state index in [4.69, 9.17) is 9.47 Å². The van der Waals surface area contributed by atoms with E-state index in [-0.39, 0.29) is 18.3 Å². The number of morpholine rings is 1. The van der Waals surface area contributed by atoms with Crippen LogP contribution in [0, 0.1) is 0 Å². The normalized spacial score (nSPS) is 18.9. The number of amides is 1. The van der Waals surface area contributed by atoms with Crippen LogP contribution in [0.3, 0.4) is 0 Å². The molecule has 11 heteroatoms. The molecule has 2 atom stereocenters. The molecule has 1 aromatic carbocycles.